The molecule has 1 heterocycles. The van der Waals surface area contributed by atoms with Crippen molar-refractivity contribution in [3.63, 3.8) is 0 Å². The zero-order valence-electron chi connectivity index (χ0n) is 14.0. The average Bonchev–Trinajstić information content (AvgIpc) is 2.98. The molecule has 0 radical (unpaired) electrons. The van der Waals surface area contributed by atoms with Gasteiger partial charge in [0.1, 0.15) is 0 Å². The molecule has 24 heavy (non-hydrogen) atoms. The summed E-state index contributed by atoms with van der Waals surface area (Å²) >= 11 is 5.86. The number of nitrogens with zero attached hydrogens (tertiary/aromatic N) is 2. The summed E-state index contributed by atoms with van der Waals surface area (Å²) in [4.78, 5) is 13.8. The first-order valence-electron chi connectivity index (χ1n) is 7.87. The fraction of sp³-hybridized carbons (Fsp3) is 0.412. The lowest BCUT2D eigenvalue weighted by atomic mass is 10.1. The first kappa shape index (κ1) is 18.3. The third kappa shape index (κ3) is 4.27. The van der Waals surface area contributed by atoms with Crippen molar-refractivity contribution in [3.05, 3.63) is 34.9 Å². The number of rotatable bonds is 8. The number of carboxylic acid groups (broad SMARTS) is 1. The van der Waals surface area contributed by atoms with Crippen LogP contribution in [-0.4, -0.2) is 47.3 Å². The molecule has 1 unspecified atom stereocenters. The Bertz CT molecular complexity index is 685. The molecule has 0 amide bonds. The molecule has 2 N–H and O–H groups in total. The van der Waals surface area contributed by atoms with Crippen LogP contribution in [0.3, 0.4) is 0 Å². The highest BCUT2D eigenvalue weighted by Gasteiger charge is 2.23. The van der Waals surface area contributed by atoms with Crippen LogP contribution in [-0.2, 0) is 0 Å². The highest BCUT2D eigenvalue weighted by molar-refractivity contribution is 6.30. The number of aromatic carboxylic acids is 1. The minimum atomic E-state index is -1.08. The van der Waals surface area contributed by atoms with E-state index in [1.54, 1.807) is 24.3 Å². The van der Waals surface area contributed by atoms with Gasteiger partial charge in [-0.3, -0.25) is 0 Å². The second kappa shape index (κ2) is 8.17. The lowest BCUT2D eigenvalue weighted by molar-refractivity contribution is 0.0698. The number of anilines is 1. The smallest absolute Gasteiger partial charge is 0.343 e. The molecule has 7 heteroatoms. The van der Waals surface area contributed by atoms with E-state index in [9.17, 15) is 9.90 Å². The van der Waals surface area contributed by atoms with Crippen molar-refractivity contribution >= 4 is 23.4 Å². The van der Waals surface area contributed by atoms with Gasteiger partial charge in [-0.15, -0.1) is 0 Å². The Morgan fingerprint density at radius 3 is 2.67 bits per heavy atom. The molecule has 1 atom stereocenters. The fourth-order valence-electron chi connectivity index (χ4n) is 2.34. The fourth-order valence-corrected chi connectivity index (χ4v) is 2.46. The lowest BCUT2D eigenvalue weighted by Crippen LogP contribution is -2.30. The van der Waals surface area contributed by atoms with Crippen LogP contribution in [0.25, 0.3) is 11.3 Å². The Kier molecular flexibility index (Phi) is 6.23. The average molecular weight is 352 g/mol. The van der Waals surface area contributed by atoms with E-state index in [0.29, 0.717) is 23.2 Å². The van der Waals surface area contributed by atoms with E-state index < -0.39 is 5.97 Å². The van der Waals surface area contributed by atoms with Crippen molar-refractivity contribution in [1.29, 1.82) is 0 Å². The standard InChI is InChI=1S/C17H22ClN3O3/c1-4-21(3)11(2)9-10-19-16-14(17(22)23)15(24-20-16)12-5-7-13(18)8-6-12/h5-8,11H,4,9-10H2,1-3H3,(H,19,20)(H,22,23). The molecule has 2 rings (SSSR count). The predicted molar refractivity (Wildman–Crippen MR) is 94.8 cm³/mol. The van der Waals surface area contributed by atoms with Gasteiger partial charge in [0, 0.05) is 23.2 Å². The van der Waals surface area contributed by atoms with Crippen molar-refractivity contribution in [1.82, 2.24) is 10.1 Å². The van der Waals surface area contributed by atoms with Crippen LogP contribution in [0.2, 0.25) is 5.02 Å². The van der Waals surface area contributed by atoms with Gasteiger partial charge in [-0.25, -0.2) is 4.79 Å². The van der Waals surface area contributed by atoms with Crippen molar-refractivity contribution in [2.75, 3.05) is 25.5 Å². The highest BCUT2D eigenvalue weighted by atomic mass is 35.5. The number of carbonyl (C=O) groups is 1. The van der Waals surface area contributed by atoms with Gasteiger partial charge in [0.2, 0.25) is 0 Å². The van der Waals surface area contributed by atoms with E-state index in [4.69, 9.17) is 16.1 Å². The van der Waals surface area contributed by atoms with E-state index in [1.807, 2.05) is 0 Å². The number of hydrogen-bond acceptors (Lipinski definition) is 5. The molecule has 130 valence electrons. The van der Waals surface area contributed by atoms with Crippen LogP contribution in [0, 0.1) is 0 Å². The molecule has 0 aliphatic rings. The SMILES string of the molecule is CCN(C)C(C)CCNc1noc(-c2ccc(Cl)cc2)c1C(=O)O. The molecule has 0 aliphatic heterocycles. The summed E-state index contributed by atoms with van der Waals surface area (Å²) in [5.41, 5.74) is 0.658. The Morgan fingerprint density at radius 2 is 2.08 bits per heavy atom. The second-order valence-electron chi connectivity index (χ2n) is 5.69. The summed E-state index contributed by atoms with van der Waals surface area (Å²) in [5.74, 6) is -0.610. The van der Waals surface area contributed by atoms with E-state index in [2.05, 4.69) is 36.3 Å². The van der Waals surface area contributed by atoms with Crippen molar-refractivity contribution < 1.29 is 14.4 Å². The third-order valence-electron chi connectivity index (χ3n) is 4.12. The van der Waals surface area contributed by atoms with Crippen LogP contribution >= 0.6 is 11.6 Å². The van der Waals surface area contributed by atoms with Crippen molar-refractivity contribution in [2.24, 2.45) is 0 Å². The number of halogens is 1. The van der Waals surface area contributed by atoms with Crippen LogP contribution in [0.5, 0.6) is 0 Å². The minimum Gasteiger partial charge on any atom is -0.477 e. The minimum absolute atomic E-state index is 0.0359. The van der Waals surface area contributed by atoms with Crippen molar-refractivity contribution in [2.45, 2.75) is 26.3 Å². The van der Waals surface area contributed by atoms with Gasteiger partial charge in [-0.1, -0.05) is 23.7 Å². The lowest BCUT2D eigenvalue weighted by Gasteiger charge is -2.22. The molecule has 0 spiro atoms. The van der Waals surface area contributed by atoms with Crippen LogP contribution in [0.15, 0.2) is 28.8 Å². The first-order valence-corrected chi connectivity index (χ1v) is 8.24. The van der Waals surface area contributed by atoms with E-state index >= 15 is 0 Å². The highest BCUT2D eigenvalue weighted by Crippen LogP contribution is 2.30. The van der Waals surface area contributed by atoms with Gasteiger partial charge in [-0.05, 0) is 51.2 Å². The number of hydrogen-bond donors (Lipinski definition) is 2. The molecule has 0 fully saturated rings. The maximum Gasteiger partial charge on any atom is 0.343 e. The maximum atomic E-state index is 11.6. The molecular formula is C17H22ClN3O3. The summed E-state index contributed by atoms with van der Waals surface area (Å²) in [6.45, 7) is 5.80. The normalized spacial score (nSPS) is 12.4. The summed E-state index contributed by atoms with van der Waals surface area (Å²) in [6, 6.07) is 7.16. The van der Waals surface area contributed by atoms with E-state index in [-0.39, 0.29) is 17.1 Å². The number of carboxylic acids is 1. The molecule has 2 aromatic rings. The largest absolute Gasteiger partial charge is 0.477 e. The molecule has 1 aromatic carbocycles. The van der Waals surface area contributed by atoms with Crippen LogP contribution in [0.1, 0.15) is 30.6 Å². The third-order valence-corrected chi connectivity index (χ3v) is 4.37. The number of nitrogens with one attached hydrogen (secondary N) is 1. The Labute approximate surface area is 146 Å². The van der Waals surface area contributed by atoms with Crippen LogP contribution < -0.4 is 5.32 Å². The van der Waals surface area contributed by atoms with Gasteiger partial charge in [0.15, 0.2) is 17.1 Å². The zero-order valence-corrected chi connectivity index (χ0v) is 14.8. The molecular weight excluding hydrogens is 330 g/mol. The summed E-state index contributed by atoms with van der Waals surface area (Å²) < 4.78 is 5.26. The van der Waals surface area contributed by atoms with Crippen molar-refractivity contribution in [3.8, 4) is 11.3 Å². The predicted octanol–water partition coefficient (Wildman–Crippen LogP) is 3.84. The molecule has 0 saturated carbocycles. The summed E-state index contributed by atoms with van der Waals surface area (Å²) in [5, 5.41) is 17.0. The van der Waals surface area contributed by atoms with E-state index in [0.717, 1.165) is 13.0 Å². The first-order chi connectivity index (χ1) is 11.4. The molecule has 0 saturated heterocycles. The van der Waals surface area contributed by atoms with Gasteiger partial charge < -0.3 is 19.8 Å². The molecule has 0 bridgehead atoms. The molecule has 0 aliphatic carbocycles. The van der Waals surface area contributed by atoms with Gasteiger partial charge >= 0.3 is 5.97 Å². The summed E-state index contributed by atoms with van der Waals surface area (Å²) in [7, 11) is 2.06. The molecule has 1 aromatic heterocycles. The Hall–Kier alpha value is -2.05. The van der Waals surface area contributed by atoms with E-state index in [1.165, 1.54) is 0 Å². The molecule has 6 nitrogen and oxygen atoms in total. The second-order valence-corrected chi connectivity index (χ2v) is 6.12. The quantitative estimate of drug-likeness (QED) is 0.752. The van der Waals surface area contributed by atoms with Gasteiger partial charge in [0.05, 0.1) is 0 Å². The van der Waals surface area contributed by atoms with Gasteiger partial charge in [0.25, 0.3) is 0 Å². The monoisotopic (exact) mass is 351 g/mol. The summed E-state index contributed by atoms with van der Waals surface area (Å²) in [6.07, 6.45) is 0.868. The Morgan fingerprint density at radius 1 is 1.42 bits per heavy atom. The maximum absolute atomic E-state index is 11.6. The van der Waals surface area contributed by atoms with Gasteiger partial charge in [-0.2, -0.15) is 0 Å². The zero-order chi connectivity index (χ0) is 17.7. The number of aromatic nitrogens is 1. The number of benzene rings is 1. The van der Waals surface area contributed by atoms with Crippen LogP contribution in [0.4, 0.5) is 5.82 Å². The topological polar surface area (TPSA) is 78.6 Å². The Balaban J connectivity index is 2.14.